The van der Waals surface area contributed by atoms with Crippen molar-refractivity contribution < 1.29 is 13.2 Å². The van der Waals surface area contributed by atoms with Gasteiger partial charge in [-0.3, -0.25) is 4.79 Å². The largest absolute Gasteiger partial charge is 0.351 e. The van der Waals surface area contributed by atoms with Gasteiger partial charge in [-0.05, 0) is 17.7 Å². The maximum absolute atomic E-state index is 11.6. The minimum Gasteiger partial charge on any atom is -0.351 e. The van der Waals surface area contributed by atoms with Crippen LogP contribution in [0.5, 0.6) is 0 Å². The molecule has 1 aromatic heterocycles. The molecule has 4 N–H and O–H groups in total. The molecule has 0 fully saturated rings. The van der Waals surface area contributed by atoms with Crippen molar-refractivity contribution in [2.45, 2.75) is 16.5 Å². The van der Waals surface area contributed by atoms with Crippen molar-refractivity contribution in [2.24, 2.45) is 5.14 Å². The molecule has 21 heavy (non-hydrogen) atoms. The number of thioether (sulfide) groups is 1. The average Bonchev–Trinajstić information content (AvgIpc) is 2.95. The number of sulfonamides is 1. The van der Waals surface area contributed by atoms with Crippen LogP contribution in [0, 0.1) is 0 Å². The van der Waals surface area contributed by atoms with E-state index in [0.717, 1.165) is 5.56 Å². The Bertz CT molecular complexity index is 698. The Hall–Kier alpha value is -1.91. The molecule has 1 heterocycles. The highest BCUT2D eigenvalue weighted by atomic mass is 32.2. The number of primary sulfonamides is 1. The quantitative estimate of drug-likeness (QED) is 0.633. The van der Waals surface area contributed by atoms with E-state index in [-0.39, 0.29) is 16.6 Å². The molecule has 0 radical (unpaired) electrons. The predicted molar refractivity (Wildman–Crippen MR) is 76.8 cm³/mol. The molecule has 0 bridgehead atoms. The molecule has 0 saturated carbocycles. The molecule has 0 spiro atoms. The van der Waals surface area contributed by atoms with Gasteiger partial charge in [0, 0.05) is 6.54 Å². The fourth-order valence-electron chi connectivity index (χ4n) is 1.45. The van der Waals surface area contributed by atoms with Crippen LogP contribution < -0.4 is 10.5 Å². The van der Waals surface area contributed by atoms with E-state index >= 15 is 0 Å². The Kier molecular flexibility index (Phi) is 4.94. The van der Waals surface area contributed by atoms with E-state index in [0.29, 0.717) is 11.6 Å². The first kappa shape index (κ1) is 15.5. The Balaban J connectivity index is 1.81. The normalized spacial score (nSPS) is 11.3. The second kappa shape index (κ2) is 6.70. The number of amides is 1. The van der Waals surface area contributed by atoms with Gasteiger partial charge >= 0.3 is 0 Å². The summed E-state index contributed by atoms with van der Waals surface area (Å²) in [6.45, 7) is 0.309. The molecular formula is C11H13N5O3S2. The number of nitrogens with one attached hydrogen (secondary N) is 2. The van der Waals surface area contributed by atoms with Crippen LogP contribution in [0.4, 0.5) is 0 Å². The minimum atomic E-state index is -3.69. The molecule has 8 nitrogen and oxygen atoms in total. The topological polar surface area (TPSA) is 131 Å². The summed E-state index contributed by atoms with van der Waals surface area (Å²) < 4.78 is 22.2. The van der Waals surface area contributed by atoms with E-state index in [9.17, 15) is 13.2 Å². The van der Waals surface area contributed by atoms with Crippen LogP contribution in [0.25, 0.3) is 0 Å². The Labute approximate surface area is 125 Å². The molecule has 0 aliphatic heterocycles. The number of carbonyl (C=O) groups excluding carboxylic acids is 1. The number of hydrogen-bond acceptors (Lipinski definition) is 6. The number of nitrogens with zero attached hydrogens (tertiary/aromatic N) is 2. The van der Waals surface area contributed by atoms with Crippen molar-refractivity contribution in [1.29, 1.82) is 0 Å². The van der Waals surface area contributed by atoms with Gasteiger partial charge in [0.2, 0.25) is 15.9 Å². The fourth-order valence-corrected chi connectivity index (χ4v) is 2.58. The third-order valence-electron chi connectivity index (χ3n) is 2.49. The lowest BCUT2D eigenvalue weighted by molar-refractivity contribution is -0.118. The number of aromatic amines is 1. The summed E-state index contributed by atoms with van der Waals surface area (Å²) in [5.74, 6) is 0.0699. The molecule has 0 unspecified atom stereocenters. The lowest BCUT2D eigenvalue weighted by Gasteiger charge is -2.05. The number of hydrogen-bond donors (Lipinski definition) is 3. The molecule has 2 rings (SSSR count). The second-order valence-electron chi connectivity index (χ2n) is 4.06. The van der Waals surface area contributed by atoms with Crippen molar-refractivity contribution in [3.05, 3.63) is 36.0 Å². The van der Waals surface area contributed by atoms with Gasteiger partial charge in [-0.15, -0.1) is 5.10 Å². The summed E-state index contributed by atoms with van der Waals surface area (Å²) in [5.41, 5.74) is 0.780. The van der Waals surface area contributed by atoms with Crippen LogP contribution in [0.15, 0.2) is 40.4 Å². The van der Waals surface area contributed by atoms with Crippen LogP contribution in [0.1, 0.15) is 5.56 Å². The summed E-state index contributed by atoms with van der Waals surface area (Å²) in [6.07, 6.45) is 1.53. The van der Waals surface area contributed by atoms with Crippen molar-refractivity contribution in [3.8, 4) is 0 Å². The molecular weight excluding hydrogens is 314 g/mol. The van der Waals surface area contributed by atoms with Crippen molar-refractivity contribution in [1.82, 2.24) is 20.7 Å². The summed E-state index contributed by atoms with van der Waals surface area (Å²) in [6, 6.07) is 6.01. The first-order valence-corrected chi connectivity index (χ1v) is 8.35. The average molecular weight is 327 g/mol. The lowest BCUT2D eigenvalue weighted by Crippen LogP contribution is -2.24. The molecule has 112 valence electrons. The Morgan fingerprint density at radius 2 is 2.05 bits per heavy atom. The summed E-state index contributed by atoms with van der Waals surface area (Å²) in [7, 11) is -3.69. The zero-order valence-corrected chi connectivity index (χ0v) is 12.4. The third kappa shape index (κ3) is 4.85. The van der Waals surface area contributed by atoms with Crippen molar-refractivity contribution >= 4 is 27.7 Å². The van der Waals surface area contributed by atoms with Gasteiger partial charge in [0.15, 0.2) is 0 Å². The highest BCUT2D eigenvalue weighted by molar-refractivity contribution is 7.99. The van der Waals surface area contributed by atoms with Crippen LogP contribution in [0.2, 0.25) is 0 Å². The number of carbonyl (C=O) groups is 1. The number of H-pyrrole nitrogens is 1. The number of benzene rings is 1. The Morgan fingerprint density at radius 3 is 2.62 bits per heavy atom. The first-order valence-electron chi connectivity index (χ1n) is 5.82. The van der Waals surface area contributed by atoms with E-state index in [1.165, 1.54) is 30.1 Å². The van der Waals surface area contributed by atoms with Crippen molar-refractivity contribution in [3.63, 3.8) is 0 Å². The molecule has 0 saturated heterocycles. The van der Waals surface area contributed by atoms with Crippen LogP contribution in [-0.4, -0.2) is 35.5 Å². The van der Waals surface area contributed by atoms with E-state index in [2.05, 4.69) is 20.7 Å². The van der Waals surface area contributed by atoms with E-state index < -0.39 is 10.0 Å². The monoisotopic (exact) mass is 327 g/mol. The molecule has 0 aliphatic carbocycles. The standard InChI is InChI=1S/C11H13N5O3S2/c12-21(18,19)9-3-1-8(2-4-9)5-13-10(17)7-20-11-6-14-16-15-11/h1-4,6H,5,7H2,(H,13,17)(H2,12,18,19)(H,14,15,16). The molecule has 2 aromatic rings. The van der Waals surface area contributed by atoms with Crippen LogP contribution in [0.3, 0.4) is 0 Å². The zero-order valence-electron chi connectivity index (χ0n) is 10.8. The van der Waals surface area contributed by atoms with Gasteiger partial charge in [0.25, 0.3) is 0 Å². The Morgan fingerprint density at radius 1 is 1.33 bits per heavy atom. The predicted octanol–water partition coefficient (Wildman–Crippen LogP) is -0.139. The molecule has 10 heteroatoms. The minimum absolute atomic E-state index is 0.0409. The summed E-state index contributed by atoms with van der Waals surface area (Å²) >= 11 is 1.26. The van der Waals surface area contributed by atoms with E-state index in [1.54, 1.807) is 12.1 Å². The van der Waals surface area contributed by atoms with Gasteiger partial charge in [0.1, 0.15) is 5.03 Å². The summed E-state index contributed by atoms with van der Waals surface area (Å²) in [4.78, 5) is 11.7. The first-order chi connectivity index (χ1) is 9.95. The number of aromatic nitrogens is 3. The van der Waals surface area contributed by atoms with Gasteiger partial charge in [-0.2, -0.15) is 10.3 Å². The zero-order chi connectivity index (χ0) is 15.3. The van der Waals surface area contributed by atoms with Gasteiger partial charge in [-0.25, -0.2) is 13.6 Å². The van der Waals surface area contributed by atoms with Gasteiger partial charge < -0.3 is 5.32 Å². The number of nitrogens with two attached hydrogens (primary N) is 1. The molecule has 1 amide bonds. The smallest absolute Gasteiger partial charge is 0.238 e. The maximum Gasteiger partial charge on any atom is 0.238 e. The highest BCUT2D eigenvalue weighted by Gasteiger charge is 2.08. The number of rotatable bonds is 6. The van der Waals surface area contributed by atoms with E-state index in [4.69, 9.17) is 5.14 Å². The SMILES string of the molecule is NS(=O)(=O)c1ccc(CNC(=O)CSc2cn[nH]n2)cc1. The summed E-state index contributed by atoms with van der Waals surface area (Å²) in [5, 5.41) is 18.3. The molecule has 1 aromatic carbocycles. The molecule has 0 atom stereocenters. The maximum atomic E-state index is 11.6. The molecule has 0 aliphatic rings. The fraction of sp³-hybridized carbons (Fsp3) is 0.182. The van der Waals surface area contributed by atoms with Gasteiger partial charge in [-0.1, -0.05) is 23.9 Å². The van der Waals surface area contributed by atoms with Crippen LogP contribution in [-0.2, 0) is 21.4 Å². The second-order valence-corrected chi connectivity index (χ2v) is 6.62. The third-order valence-corrected chi connectivity index (χ3v) is 4.31. The van der Waals surface area contributed by atoms with E-state index in [1.807, 2.05) is 0 Å². The lowest BCUT2D eigenvalue weighted by atomic mass is 10.2. The van der Waals surface area contributed by atoms with Gasteiger partial charge in [0.05, 0.1) is 16.8 Å². The van der Waals surface area contributed by atoms with Crippen molar-refractivity contribution in [2.75, 3.05) is 5.75 Å². The van der Waals surface area contributed by atoms with Crippen LogP contribution >= 0.6 is 11.8 Å². The highest BCUT2D eigenvalue weighted by Crippen LogP contribution is 2.12.